The number of carbonyl (C=O) groups is 2. The predicted octanol–water partition coefficient (Wildman–Crippen LogP) is 1.79. The molecule has 21 heavy (non-hydrogen) atoms. The van der Waals surface area contributed by atoms with E-state index in [9.17, 15) is 18.0 Å². The molecule has 1 aliphatic rings. The fraction of sp³-hybridized carbons (Fsp3) is 0.385. The second kappa shape index (κ2) is 9.76. The van der Waals surface area contributed by atoms with Gasteiger partial charge in [-0.1, -0.05) is 18.2 Å². The van der Waals surface area contributed by atoms with Crippen LogP contribution in [0.3, 0.4) is 0 Å². The van der Waals surface area contributed by atoms with Gasteiger partial charge in [0.1, 0.15) is 0 Å². The van der Waals surface area contributed by atoms with Crippen LogP contribution in [0.25, 0.3) is 0 Å². The average molecular weight is 306 g/mol. The highest BCUT2D eigenvalue weighted by Crippen LogP contribution is 2.13. The van der Waals surface area contributed by atoms with Crippen molar-refractivity contribution in [1.29, 1.82) is 0 Å². The van der Waals surface area contributed by atoms with E-state index >= 15 is 0 Å². The topological polar surface area (TPSA) is 92.4 Å². The van der Waals surface area contributed by atoms with Crippen LogP contribution in [0.4, 0.5) is 13.2 Å². The normalized spacial score (nSPS) is 13.3. The third-order valence-corrected chi connectivity index (χ3v) is 2.26. The molecule has 0 spiro atoms. The largest absolute Gasteiger partial charge is 0.490 e. The Morgan fingerprint density at radius 3 is 1.71 bits per heavy atom. The number of alkyl halides is 3. The zero-order valence-electron chi connectivity index (χ0n) is 11.2. The number of amides is 1. The molecular formula is C13H17F3N2O3. The molecule has 1 amide bonds. The lowest BCUT2D eigenvalue weighted by Gasteiger charge is -1.93. The van der Waals surface area contributed by atoms with Gasteiger partial charge in [0.2, 0.25) is 5.91 Å². The fourth-order valence-electron chi connectivity index (χ4n) is 1.23. The Kier molecular flexibility index (Phi) is 8.79. The molecule has 1 fully saturated rings. The van der Waals surface area contributed by atoms with Crippen molar-refractivity contribution in [3.05, 3.63) is 35.9 Å². The van der Waals surface area contributed by atoms with E-state index in [0.29, 0.717) is 5.56 Å². The first kappa shape index (κ1) is 18.9. The Morgan fingerprint density at radius 2 is 1.52 bits per heavy atom. The standard InChI is InChI=1S/C7H7NO.C4H9N.C2HF3O2/c8-7(9)6-4-2-1-3-5-6;1-2-4-5-3-1;3-2(4,5)1(6)7/h1-5H,(H2,8,9);5H,1-4H2;(H,6,7). The zero-order chi connectivity index (χ0) is 16.3. The molecule has 0 radical (unpaired) electrons. The van der Waals surface area contributed by atoms with Crippen LogP contribution in [0.2, 0.25) is 0 Å². The molecule has 0 aliphatic carbocycles. The monoisotopic (exact) mass is 306 g/mol. The lowest BCUT2D eigenvalue weighted by atomic mass is 10.2. The number of carboxylic acids is 1. The first-order valence-corrected chi connectivity index (χ1v) is 6.11. The molecule has 0 bridgehead atoms. The van der Waals surface area contributed by atoms with Crippen molar-refractivity contribution < 1.29 is 27.9 Å². The summed E-state index contributed by atoms with van der Waals surface area (Å²) in [5.41, 5.74) is 5.53. The Labute approximate surface area is 119 Å². The van der Waals surface area contributed by atoms with Crippen LogP contribution in [-0.4, -0.2) is 36.2 Å². The second-order valence-corrected chi connectivity index (χ2v) is 3.99. The van der Waals surface area contributed by atoms with Crippen LogP contribution in [0.1, 0.15) is 23.2 Å². The lowest BCUT2D eigenvalue weighted by molar-refractivity contribution is -0.192. The quantitative estimate of drug-likeness (QED) is 0.737. The minimum Gasteiger partial charge on any atom is -0.475 e. The summed E-state index contributed by atoms with van der Waals surface area (Å²) >= 11 is 0. The number of aliphatic carboxylic acids is 1. The van der Waals surface area contributed by atoms with Gasteiger partial charge < -0.3 is 16.2 Å². The van der Waals surface area contributed by atoms with Crippen molar-refractivity contribution in [2.45, 2.75) is 19.0 Å². The van der Waals surface area contributed by atoms with Crippen molar-refractivity contribution in [3.63, 3.8) is 0 Å². The number of hydrogen-bond acceptors (Lipinski definition) is 3. The molecule has 0 unspecified atom stereocenters. The molecule has 1 aromatic carbocycles. The Balaban J connectivity index is 0.000000298. The summed E-state index contributed by atoms with van der Waals surface area (Å²) in [6.07, 6.45) is -2.31. The third kappa shape index (κ3) is 10.4. The minimum absolute atomic E-state index is 0.379. The van der Waals surface area contributed by atoms with Crippen LogP contribution in [0.15, 0.2) is 30.3 Å². The van der Waals surface area contributed by atoms with E-state index in [1.807, 2.05) is 6.07 Å². The summed E-state index contributed by atoms with van der Waals surface area (Å²) in [4.78, 5) is 19.3. The summed E-state index contributed by atoms with van der Waals surface area (Å²) in [5.74, 6) is -3.14. The SMILES string of the molecule is C1CCNC1.NC(=O)c1ccccc1.O=C(O)C(F)(F)F. The molecule has 4 N–H and O–H groups in total. The van der Waals surface area contributed by atoms with Gasteiger partial charge in [-0.05, 0) is 38.1 Å². The van der Waals surface area contributed by atoms with Crippen LogP contribution >= 0.6 is 0 Å². The van der Waals surface area contributed by atoms with Crippen molar-refractivity contribution in [3.8, 4) is 0 Å². The molecular weight excluding hydrogens is 289 g/mol. The first-order chi connectivity index (χ1) is 9.75. The van der Waals surface area contributed by atoms with E-state index in [1.165, 1.54) is 25.9 Å². The lowest BCUT2D eigenvalue weighted by Crippen LogP contribution is -2.21. The van der Waals surface area contributed by atoms with Gasteiger partial charge in [-0.3, -0.25) is 4.79 Å². The number of nitrogens with two attached hydrogens (primary N) is 1. The number of hydrogen-bond donors (Lipinski definition) is 3. The summed E-state index contributed by atoms with van der Waals surface area (Å²) in [5, 5.41) is 10.3. The summed E-state index contributed by atoms with van der Waals surface area (Å²) in [7, 11) is 0. The molecule has 8 heteroatoms. The van der Waals surface area contributed by atoms with Gasteiger partial charge in [0.25, 0.3) is 0 Å². The van der Waals surface area contributed by atoms with Gasteiger partial charge in [0.05, 0.1) is 0 Å². The number of primary amides is 1. The highest BCUT2D eigenvalue weighted by atomic mass is 19.4. The Bertz CT molecular complexity index is 424. The minimum atomic E-state index is -5.08. The van der Waals surface area contributed by atoms with Crippen LogP contribution in [0.5, 0.6) is 0 Å². The summed E-state index contributed by atoms with van der Waals surface area (Å²) < 4.78 is 31.7. The Hall–Kier alpha value is -2.09. The Morgan fingerprint density at radius 1 is 1.10 bits per heavy atom. The van der Waals surface area contributed by atoms with E-state index in [0.717, 1.165) is 0 Å². The molecule has 1 aromatic rings. The van der Waals surface area contributed by atoms with Crippen molar-refractivity contribution in [1.82, 2.24) is 5.32 Å². The van der Waals surface area contributed by atoms with Gasteiger partial charge in [0, 0.05) is 5.56 Å². The fourth-order valence-corrected chi connectivity index (χ4v) is 1.23. The maximum atomic E-state index is 10.6. The number of benzene rings is 1. The average Bonchev–Trinajstić information content (AvgIpc) is 2.98. The molecule has 1 aliphatic heterocycles. The number of carbonyl (C=O) groups excluding carboxylic acids is 1. The smallest absolute Gasteiger partial charge is 0.475 e. The zero-order valence-corrected chi connectivity index (χ0v) is 11.2. The van der Waals surface area contributed by atoms with Gasteiger partial charge >= 0.3 is 12.1 Å². The van der Waals surface area contributed by atoms with Crippen LogP contribution in [-0.2, 0) is 4.79 Å². The molecule has 0 saturated carbocycles. The summed E-state index contributed by atoms with van der Waals surface area (Å²) in [6.45, 7) is 2.50. The van der Waals surface area contributed by atoms with Gasteiger partial charge in [-0.25, -0.2) is 4.79 Å². The third-order valence-electron chi connectivity index (χ3n) is 2.26. The number of rotatable bonds is 1. The molecule has 118 valence electrons. The summed E-state index contributed by atoms with van der Waals surface area (Å²) in [6, 6.07) is 8.76. The molecule has 2 rings (SSSR count). The van der Waals surface area contributed by atoms with E-state index < -0.39 is 12.1 Å². The number of nitrogens with one attached hydrogen (secondary N) is 1. The molecule has 0 atom stereocenters. The maximum Gasteiger partial charge on any atom is 0.490 e. The van der Waals surface area contributed by atoms with Gasteiger partial charge in [0.15, 0.2) is 0 Å². The highest BCUT2D eigenvalue weighted by Gasteiger charge is 2.38. The van der Waals surface area contributed by atoms with E-state index in [1.54, 1.807) is 24.3 Å². The van der Waals surface area contributed by atoms with Crippen molar-refractivity contribution in [2.24, 2.45) is 5.73 Å². The van der Waals surface area contributed by atoms with Crippen molar-refractivity contribution in [2.75, 3.05) is 13.1 Å². The van der Waals surface area contributed by atoms with Crippen molar-refractivity contribution >= 4 is 11.9 Å². The van der Waals surface area contributed by atoms with Crippen LogP contribution in [0, 0.1) is 0 Å². The molecule has 1 heterocycles. The van der Waals surface area contributed by atoms with Gasteiger partial charge in [-0.15, -0.1) is 0 Å². The number of halogens is 3. The molecule has 1 saturated heterocycles. The van der Waals surface area contributed by atoms with Gasteiger partial charge in [-0.2, -0.15) is 13.2 Å². The van der Waals surface area contributed by atoms with E-state index in [2.05, 4.69) is 5.32 Å². The van der Waals surface area contributed by atoms with Crippen LogP contribution < -0.4 is 11.1 Å². The maximum absolute atomic E-state index is 10.6. The predicted molar refractivity (Wildman–Crippen MR) is 70.8 cm³/mol. The first-order valence-electron chi connectivity index (χ1n) is 6.11. The highest BCUT2D eigenvalue weighted by molar-refractivity contribution is 5.92. The number of carboxylic acid groups (broad SMARTS) is 1. The molecule has 5 nitrogen and oxygen atoms in total. The van der Waals surface area contributed by atoms with E-state index in [-0.39, 0.29) is 5.91 Å². The second-order valence-electron chi connectivity index (χ2n) is 3.99. The molecule has 0 aromatic heterocycles. The van der Waals surface area contributed by atoms with E-state index in [4.69, 9.17) is 15.6 Å².